The summed E-state index contributed by atoms with van der Waals surface area (Å²) in [6.45, 7) is 8.98. The second-order valence-corrected chi connectivity index (χ2v) is 12.9. The number of oxime groups is 1. The van der Waals surface area contributed by atoms with Crippen molar-refractivity contribution in [1.29, 1.82) is 0 Å². The molecule has 0 saturated carbocycles. The highest BCUT2D eigenvalue weighted by atomic mass is 32.2. The first-order valence-electron chi connectivity index (χ1n) is 12.2. The van der Waals surface area contributed by atoms with Crippen LogP contribution in [0.25, 0.3) is 0 Å². The number of nitrogens with one attached hydrogen (secondary N) is 2. The van der Waals surface area contributed by atoms with Gasteiger partial charge in [-0.25, -0.2) is 23.9 Å². The minimum Gasteiger partial charge on any atom is -0.457 e. The number of ether oxygens (including phenoxy) is 2. The van der Waals surface area contributed by atoms with Crippen LogP contribution in [-0.2, 0) is 45.5 Å². The lowest BCUT2D eigenvalue weighted by Crippen LogP contribution is -2.73. The van der Waals surface area contributed by atoms with Crippen LogP contribution >= 0.6 is 11.3 Å². The number of rotatable bonds is 10. The zero-order chi connectivity index (χ0) is 31.5. The molecule has 0 spiro atoms. The molecule has 0 aromatic carbocycles. The van der Waals surface area contributed by atoms with Gasteiger partial charge in [-0.05, 0) is 41.5 Å². The lowest BCUT2D eigenvalue weighted by Gasteiger charge is -2.43. The lowest BCUT2D eigenvalue weighted by molar-refractivity contribution is -0.160. The Morgan fingerprint density at radius 2 is 1.81 bits per heavy atom. The Hall–Kier alpha value is -4.17. The van der Waals surface area contributed by atoms with E-state index in [-0.39, 0.29) is 21.7 Å². The molecule has 3 amide bonds. The third kappa shape index (κ3) is 8.91. The summed E-state index contributed by atoms with van der Waals surface area (Å²) in [7, 11) is -4.97. The summed E-state index contributed by atoms with van der Waals surface area (Å²) >= 11 is 0.906. The van der Waals surface area contributed by atoms with Crippen molar-refractivity contribution in [3.05, 3.63) is 23.7 Å². The molecule has 3 N–H and O–H groups in total. The summed E-state index contributed by atoms with van der Waals surface area (Å²) in [6, 6.07) is -2.72. The second kappa shape index (κ2) is 12.4. The molecule has 2 aromatic heterocycles. The van der Waals surface area contributed by atoms with Crippen LogP contribution in [0, 0.1) is 0 Å². The van der Waals surface area contributed by atoms with Crippen molar-refractivity contribution < 1.29 is 46.5 Å². The van der Waals surface area contributed by atoms with Gasteiger partial charge in [0.15, 0.2) is 10.8 Å². The van der Waals surface area contributed by atoms with Crippen molar-refractivity contribution in [2.24, 2.45) is 5.16 Å². The van der Waals surface area contributed by atoms with Crippen LogP contribution in [-0.4, -0.2) is 96.5 Å². The first kappa shape index (κ1) is 32.3. The average Bonchev–Trinajstić information content (AvgIpc) is 3.48. The molecule has 3 heterocycles. The predicted molar refractivity (Wildman–Crippen MR) is 144 cm³/mol. The Labute approximate surface area is 244 Å². The van der Waals surface area contributed by atoms with Crippen molar-refractivity contribution in [1.82, 2.24) is 29.4 Å². The molecule has 0 aliphatic carbocycles. The van der Waals surface area contributed by atoms with E-state index in [0.717, 1.165) is 11.3 Å². The maximum atomic E-state index is 13.3. The van der Waals surface area contributed by atoms with Gasteiger partial charge in [-0.15, -0.1) is 11.3 Å². The quantitative estimate of drug-likeness (QED) is 0.106. The van der Waals surface area contributed by atoms with Crippen LogP contribution in [0.1, 0.15) is 47.2 Å². The molecule has 42 heavy (non-hydrogen) atoms. The van der Waals surface area contributed by atoms with E-state index in [1.54, 1.807) is 41.5 Å². The molecule has 0 bridgehead atoms. The normalized spacial score (nSPS) is 17.7. The number of β-lactam (4-membered cyclic amide) rings is 1. The number of aromatic nitrogens is 4. The van der Waals surface area contributed by atoms with Gasteiger partial charge < -0.3 is 19.6 Å². The van der Waals surface area contributed by atoms with Gasteiger partial charge in [0.1, 0.15) is 35.6 Å². The number of hydrogen-bond donors (Lipinski definition) is 3. The van der Waals surface area contributed by atoms with Crippen LogP contribution in [0.5, 0.6) is 0 Å². The maximum absolute atomic E-state index is 13.3. The van der Waals surface area contributed by atoms with Crippen LogP contribution in [0.3, 0.4) is 0 Å². The summed E-state index contributed by atoms with van der Waals surface area (Å²) in [4.78, 5) is 63.0. The largest absolute Gasteiger partial charge is 0.457 e. The first-order valence-corrected chi connectivity index (χ1v) is 14.4. The Kier molecular flexibility index (Phi) is 9.53. The molecule has 230 valence electrons. The minimum atomic E-state index is -4.97. The van der Waals surface area contributed by atoms with E-state index in [0.29, 0.717) is 0 Å². The fourth-order valence-electron chi connectivity index (χ4n) is 3.42. The van der Waals surface area contributed by atoms with E-state index in [1.165, 1.54) is 22.7 Å². The standard InChI is InChI=1S/C22H30N8O10S2/c1-21(2,3)39-14(31)8-38-28-15(12-9-41-19(25-12)27-20(34)40-22(4,5)6)17(32)26-16-13(7-29-11-23-10-24-29)30(18(16)33)42(35,36)37/h9-11,13,16H,7-8H2,1-6H3,(H,26,32)(H,25,27,34)(H,35,36,37)/t13-,16+/m1/s1. The van der Waals surface area contributed by atoms with Gasteiger partial charge in [0, 0.05) is 5.38 Å². The highest BCUT2D eigenvalue weighted by Gasteiger charge is 2.54. The molecule has 3 rings (SSSR count). The summed E-state index contributed by atoms with van der Waals surface area (Å²) in [6.07, 6.45) is 1.60. The van der Waals surface area contributed by atoms with E-state index >= 15 is 0 Å². The van der Waals surface area contributed by atoms with Crippen molar-refractivity contribution in [2.75, 3.05) is 11.9 Å². The predicted octanol–water partition coefficient (Wildman–Crippen LogP) is 0.343. The van der Waals surface area contributed by atoms with E-state index in [9.17, 15) is 32.1 Å². The lowest BCUT2D eigenvalue weighted by atomic mass is 9.98. The molecule has 20 heteroatoms. The highest BCUT2D eigenvalue weighted by molar-refractivity contribution is 7.84. The van der Waals surface area contributed by atoms with Crippen molar-refractivity contribution in [3.63, 3.8) is 0 Å². The van der Waals surface area contributed by atoms with Crippen LogP contribution < -0.4 is 10.6 Å². The molecule has 0 unspecified atom stereocenters. The Bertz CT molecular complexity index is 1460. The zero-order valence-electron chi connectivity index (χ0n) is 23.4. The number of carbonyl (C=O) groups is 4. The van der Waals surface area contributed by atoms with Gasteiger partial charge in [-0.2, -0.15) is 13.5 Å². The van der Waals surface area contributed by atoms with Gasteiger partial charge in [0.2, 0.25) is 6.61 Å². The van der Waals surface area contributed by atoms with E-state index in [2.05, 4.69) is 30.9 Å². The van der Waals surface area contributed by atoms with Gasteiger partial charge in [-0.3, -0.25) is 24.1 Å². The van der Waals surface area contributed by atoms with Gasteiger partial charge >= 0.3 is 22.4 Å². The molecule has 1 aliphatic heterocycles. The Balaban J connectivity index is 1.84. The third-order valence-electron chi connectivity index (χ3n) is 4.87. The fraction of sp³-hybridized carbons (Fsp3) is 0.545. The number of esters is 1. The summed E-state index contributed by atoms with van der Waals surface area (Å²) in [5.74, 6) is -2.97. The van der Waals surface area contributed by atoms with E-state index < -0.39 is 69.8 Å². The summed E-state index contributed by atoms with van der Waals surface area (Å²) in [5, 5.41) is 13.7. The van der Waals surface area contributed by atoms with E-state index in [1.807, 2.05) is 0 Å². The minimum absolute atomic E-state index is 0.0215. The Morgan fingerprint density at radius 3 is 2.38 bits per heavy atom. The topological polar surface area (TPSA) is 234 Å². The highest BCUT2D eigenvalue weighted by Crippen LogP contribution is 2.25. The number of thiazole rings is 1. The maximum Gasteiger partial charge on any atom is 0.413 e. The molecule has 2 aromatic rings. The average molecular weight is 631 g/mol. The fourth-order valence-corrected chi connectivity index (χ4v) is 4.98. The molecule has 1 aliphatic rings. The molecule has 1 saturated heterocycles. The number of anilines is 1. The summed E-state index contributed by atoms with van der Waals surface area (Å²) < 4.78 is 44.8. The van der Waals surface area contributed by atoms with Crippen LogP contribution in [0.15, 0.2) is 23.2 Å². The first-order chi connectivity index (χ1) is 19.3. The van der Waals surface area contributed by atoms with Crippen molar-refractivity contribution >= 4 is 56.4 Å². The summed E-state index contributed by atoms with van der Waals surface area (Å²) in [5.41, 5.74) is -2.26. The third-order valence-corrected chi connectivity index (χ3v) is 6.58. The molecular formula is C22H30N8O10S2. The van der Waals surface area contributed by atoms with Crippen LogP contribution in [0.2, 0.25) is 0 Å². The molecule has 18 nitrogen and oxygen atoms in total. The van der Waals surface area contributed by atoms with Crippen molar-refractivity contribution in [2.45, 2.75) is 71.4 Å². The zero-order valence-corrected chi connectivity index (χ0v) is 25.1. The number of nitrogens with zero attached hydrogens (tertiary/aromatic N) is 6. The second-order valence-electron chi connectivity index (χ2n) is 10.7. The van der Waals surface area contributed by atoms with E-state index in [4.69, 9.17) is 14.3 Å². The number of carbonyl (C=O) groups excluding carboxylic acids is 4. The van der Waals surface area contributed by atoms with Crippen molar-refractivity contribution in [3.8, 4) is 0 Å². The van der Waals surface area contributed by atoms with Gasteiger partial charge in [0.25, 0.3) is 11.8 Å². The molecule has 1 fully saturated rings. The number of hydrogen-bond acceptors (Lipinski definition) is 14. The Morgan fingerprint density at radius 1 is 1.14 bits per heavy atom. The monoisotopic (exact) mass is 630 g/mol. The van der Waals surface area contributed by atoms with Gasteiger partial charge in [-0.1, -0.05) is 5.16 Å². The SMILES string of the molecule is CC(C)(C)OC(=O)CON=C(C(=O)N[C@@H]1C(=O)N(S(=O)(=O)O)[C@@H]1Cn1cncn1)c1csc(NC(=O)OC(C)(C)C)n1. The smallest absolute Gasteiger partial charge is 0.413 e. The molecule has 0 radical (unpaired) electrons. The molecular weight excluding hydrogens is 600 g/mol. The van der Waals surface area contributed by atoms with Crippen LogP contribution in [0.4, 0.5) is 9.93 Å². The van der Waals surface area contributed by atoms with Gasteiger partial charge in [0.05, 0.1) is 12.6 Å². The number of amides is 3. The molecule has 2 atom stereocenters.